The minimum Gasteiger partial charge on any atom is -0.486 e. The Hall–Kier alpha value is -1.97. The van der Waals surface area contributed by atoms with Gasteiger partial charge in [0.05, 0.1) is 4.90 Å². The van der Waals surface area contributed by atoms with Gasteiger partial charge in [0.15, 0.2) is 5.82 Å². The van der Waals surface area contributed by atoms with E-state index in [1.165, 1.54) is 6.33 Å². The van der Waals surface area contributed by atoms with Gasteiger partial charge in [-0.2, -0.15) is 5.10 Å². The molecule has 25 heavy (non-hydrogen) atoms. The zero-order valence-corrected chi connectivity index (χ0v) is 14.9. The van der Waals surface area contributed by atoms with E-state index in [2.05, 4.69) is 14.8 Å². The Morgan fingerprint density at radius 3 is 2.52 bits per heavy atom. The maximum Gasteiger partial charge on any atom is 0.240 e. The van der Waals surface area contributed by atoms with Gasteiger partial charge in [-0.25, -0.2) is 18.1 Å². The summed E-state index contributed by atoms with van der Waals surface area (Å²) in [7, 11) is -1.75. The van der Waals surface area contributed by atoms with Crippen molar-refractivity contribution in [2.75, 3.05) is 0 Å². The van der Waals surface area contributed by atoms with Crippen molar-refractivity contribution in [3.63, 3.8) is 0 Å². The Bertz CT molecular complexity index is 795. The molecule has 1 heterocycles. The Kier molecular flexibility index (Phi) is 5.36. The molecule has 0 bridgehead atoms. The average Bonchev–Trinajstić information content (AvgIpc) is 3.00. The Morgan fingerprint density at radius 1 is 1.24 bits per heavy atom. The molecule has 1 saturated carbocycles. The van der Waals surface area contributed by atoms with E-state index in [4.69, 9.17) is 10.5 Å². The molecule has 0 atom stereocenters. The van der Waals surface area contributed by atoms with E-state index in [1.807, 2.05) is 0 Å². The van der Waals surface area contributed by atoms with Crippen LogP contribution in [0.3, 0.4) is 0 Å². The van der Waals surface area contributed by atoms with Gasteiger partial charge < -0.3 is 10.5 Å². The molecule has 0 aliphatic heterocycles. The maximum atomic E-state index is 12.5. The number of hydrogen-bond donors (Lipinski definition) is 2. The molecule has 0 spiro atoms. The molecule has 0 unspecified atom stereocenters. The first-order chi connectivity index (χ1) is 11.9. The highest BCUT2D eigenvalue weighted by Gasteiger charge is 2.24. The molecular formula is C16H23N5O3S. The second kappa shape index (κ2) is 7.51. The predicted octanol–water partition coefficient (Wildman–Crippen LogP) is 0.942. The van der Waals surface area contributed by atoms with Gasteiger partial charge in [-0.1, -0.05) is 0 Å². The molecule has 3 rings (SSSR count). The van der Waals surface area contributed by atoms with Gasteiger partial charge in [0.25, 0.3) is 0 Å². The van der Waals surface area contributed by atoms with Gasteiger partial charge in [0.2, 0.25) is 10.0 Å². The van der Waals surface area contributed by atoms with Crippen molar-refractivity contribution in [3.05, 3.63) is 36.4 Å². The highest BCUT2D eigenvalue weighted by molar-refractivity contribution is 7.89. The molecular weight excluding hydrogens is 342 g/mol. The number of ether oxygens (including phenoxy) is 1. The highest BCUT2D eigenvalue weighted by Crippen LogP contribution is 2.21. The van der Waals surface area contributed by atoms with E-state index in [0.717, 1.165) is 25.7 Å². The van der Waals surface area contributed by atoms with Gasteiger partial charge in [0, 0.05) is 19.1 Å². The number of sulfonamides is 1. The minimum atomic E-state index is -3.53. The Balaban J connectivity index is 1.59. The maximum absolute atomic E-state index is 12.5. The zero-order chi connectivity index (χ0) is 17.9. The van der Waals surface area contributed by atoms with Gasteiger partial charge in [-0.3, -0.25) is 4.68 Å². The van der Waals surface area contributed by atoms with Crippen molar-refractivity contribution in [1.29, 1.82) is 0 Å². The van der Waals surface area contributed by atoms with Crippen LogP contribution in [0.1, 0.15) is 31.5 Å². The van der Waals surface area contributed by atoms with Crippen molar-refractivity contribution in [3.8, 4) is 5.75 Å². The highest BCUT2D eigenvalue weighted by atomic mass is 32.2. The number of aryl methyl sites for hydroxylation is 1. The van der Waals surface area contributed by atoms with E-state index >= 15 is 0 Å². The van der Waals surface area contributed by atoms with Gasteiger partial charge in [-0.05, 0) is 49.9 Å². The van der Waals surface area contributed by atoms with Crippen LogP contribution in [-0.4, -0.2) is 35.3 Å². The second-order valence-electron chi connectivity index (χ2n) is 6.29. The van der Waals surface area contributed by atoms with E-state index in [0.29, 0.717) is 11.6 Å². The van der Waals surface area contributed by atoms with E-state index < -0.39 is 10.0 Å². The fourth-order valence-corrected chi connectivity index (χ4v) is 4.14. The molecule has 1 fully saturated rings. The summed E-state index contributed by atoms with van der Waals surface area (Å²) < 4.78 is 35.0. The lowest BCUT2D eigenvalue weighted by Gasteiger charge is -2.26. The van der Waals surface area contributed by atoms with Crippen LogP contribution in [0.4, 0.5) is 0 Å². The van der Waals surface area contributed by atoms with Crippen molar-refractivity contribution in [2.45, 2.75) is 49.3 Å². The fourth-order valence-electron chi connectivity index (χ4n) is 2.84. The third kappa shape index (κ3) is 4.56. The number of nitrogens with zero attached hydrogens (tertiary/aromatic N) is 3. The van der Waals surface area contributed by atoms with Crippen LogP contribution in [0.25, 0.3) is 0 Å². The van der Waals surface area contributed by atoms with Crippen molar-refractivity contribution in [1.82, 2.24) is 19.5 Å². The molecule has 3 N–H and O–H groups in total. The third-order valence-electron chi connectivity index (χ3n) is 4.40. The van der Waals surface area contributed by atoms with Crippen LogP contribution in [-0.2, 0) is 23.7 Å². The third-order valence-corrected chi connectivity index (χ3v) is 5.94. The lowest BCUT2D eigenvalue weighted by Crippen LogP contribution is -2.40. The molecule has 0 amide bonds. The molecule has 136 valence electrons. The first-order valence-electron chi connectivity index (χ1n) is 8.28. The van der Waals surface area contributed by atoms with Gasteiger partial charge in [-0.15, -0.1) is 0 Å². The summed E-state index contributed by atoms with van der Waals surface area (Å²) in [5.41, 5.74) is 5.86. The zero-order valence-electron chi connectivity index (χ0n) is 14.1. The summed E-state index contributed by atoms with van der Waals surface area (Å²) >= 11 is 0. The normalized spacial score (nSPS) is 21.2. The van der Waals surface area contributed by atoms with Crippen LogP contribution < -0.4 is 15.2 Å². The lowest BCUT2D eigenvalue weighted by molar-refractivity contribution is 0.289. The number of nitrogens with one attached hydrogen (secondary N) is 1. The Morgan fingerprint density at radius 2 is 1.92 bits per heavy atom. The lowest BCUT2D eigenvalue weighted by atomic mass is 9.93. The molecule has 8 nitrogen and oxygen atoms in total. The van der Waals surface area contributed by atoms with Crippen LogP contribution in [0.5, 0.6) is 5.75 Å². The van der Waals surface area contributed by atoms with Crippen molar-refractivity contribution in [2.24, 2.45) is 12.8 Å². The van der Waals surface area contributed by atoms with Crippen LogP contribution in [0, 0.1) is 0 Å². The molecule has 1 aliphatic carbocycles. The first kappa shape index (κ1) is 17.8. The van der Waals surface area contributed by atoms with Gasteiger partial charge >= 0.3 is 0 Å². The number of aromatic nitrogens is 3. The van der Waals surface area contributed by atoms with Crippen LogP contribution in [0.2, 0.25) is 0 Å². The Labute approximate surface area is 147 Å². The van der Waals surface area contributed by atoms with E-state index in [-0.39, 0.29) is 23.6 Å². The standard InChI is InChI=1S/C16H23N5O3S/c1-21-16(18-11-19-21)10-24-14-6-8-15(9-7-14)25(22,23)20-13-4-2-12(17)3-5-13/h6-9,11-13,20H,2-5,10,17H2,1H3. The second-order valence-corrected chi connectivity index (χ2v) is 8.01. The number of benzene rings is 1. The molecule has 1 aliphatic rings. The summed E-state index contributed by atoms with van der Waals surface area (Å²) in [5, 5.41) is 3.97. The minimum absolute atomic E-state index is 0.0448. The van der Waals surface area contributed by atoms with E-state index in [9.17, 15) is 8.42 Å². The molecule has 9 heteroatoms. The first-order valence-corrected chi connectivity index (χ1v) is 9.76. The predicted molar refractivity (Wildman–Crippen MR) is 92.3 cm³/mol. The van der Waals surface area contributed by atoms with E-state index in [1.54, 1.807) is 36.0 Å². The summed E-state index contributed by atoms with van der Waals surface area (Å²) in [6.07, 6.45) is 4.71. The van der Waals surface area contributed by atoms with Crippen LogP contribution >= 0.6 is 0 Å². The molecule has 1 aromatic heterocycles. The smallest absolute Gasteiger partial charge is 0.240 e. The number of rotatable bonds is 6. The number of nitrogens with two attached hydrogens (primary N) is 1. The van der Waals surface area contributed by atoms with Gasteiger partial charge in [0.1, 0.15) is 18.7 Å². The number of hydrogen-bond acceptors (Lipinski definition) is 6. The largest absolute Gasteiger partial charge is 0.486 e. The van der Waals surface area contributed by atoms with Crippen LogP contribution in [0.15, 0.2) is 35.5 Å². The quantitative estimate of drug-likeness (QED) is 0.788. The summed E-state index contributed by atoms with van der Waals surface area (Å²) in [6.45, 7) is 0.267. The average molecular weight is 365 g/mol. The summed E-state index contributed by atoms with van der Waals surface area (Å²) in [6, 6.07) is 6.51. The molecule has 0 radical (unpaired) electrons. The van der Waals surface area contributed by atoms with Crippen molar-refractivity contribution >= 4 is 10.0 Å². The topological polar surface area (TPSA) is 112 Å². The van der Waals surface area contributed by atoms with Crippen molar-refractivity contribution < 1.29 is 13.2 Å². The summed E-state index contributed by atoms with van der Waals surface area (Å²) in [4.78, 5) is 4.30. The molecule has 0 saturated heterocycles. The molecule has 1 aromatic carbocycles. The summed E-state index contributed by atoms with van der Waals surface area (Å²) in [5.74, 6) is 1.26. The molecule has 2 aromatic rings. The monoisotopic (exact) mass is 365 g/mol. The fraction of sp³-hybridized carbons (Fsp3) is 0.500. The SMILES string of the molecule is Cn1ncnc1COc1ccc(S(=O)(=O)NC2CCC(N)CC2)cc1.